The van der Waals surface area contributed by atoms with E-state index >= 15 is 0 Å². The Labute approximate surface area is 149 Å². The van der Waals surface area contributed by atoms with E-state index in [1.807, 2.05) is 4.72 Å². The van der Waals surface area contributed by atoms with Gasteiger partial charge in [-0.05, 0) is 36.4 Å². The fraction of sp³-hybridized carbons (Fsp3) is 0.0625. The van der Waals surface area contributed by atoms with Gasteiger partial charge in [0.15, 0.2) is 0 Å². The van der Waals surface area contributed by atoms with Crippen molar-refractivity contribution in [3.63, 3.8) is 0 Å². The van der Waals surface area contributed by atoms with Crippen LogP contribution in [0.1, 0.15) is 15.9 Å². The molecule has 5 N–H and O–H groups in total. The van der Waals surface area contributed by atoms with Crippen LogP contribution in [0.2, 0.25) is 0 Å². The van der Waals surface area contributed by atoms with Crippen molar-refractivity contribution < 1.29 is 27.9 Å². The molecule has 0 saturated heterocycles. The molecule has 0 aromatic heterocycles. The number of carbonyl (C=O) groups is 2. The highest BCUT2D eigenvalue weighted by Crippen LogP contribution is 2.17. The maximum Gasteiger partial charge on any atom is 0.343 e. The SMILES string of the molecule is N=C(N)c1ccc(C(=O)Oc2ccc(S(=O)(=O)NCC(=O)O)cc2)cc1. The van der Waals surface area contributed by atoms with Crippen molar-refractivity contribution >= 4 is 27.8 Å². The molecular weight excluding hydrogens is 362 g/mol. The van der Waals surface area contributed by atoms with Gasteiger partial charge in [-0.2, -0.15) is 4.72 Å². The predicted molar refractivity (Wildman–Crippen MR) is 91.7 cm³/mol. The Hall–Kier alpha value is -3.24. The highest BCUT2D eigenvalue weighted by Gasteiger charge is 2.16. The van der Waals surface area contributed by atoms with Crippen LogP contribution in [0.25, 0.3) is 0 Å². The third-order valence-corrected chi connectivity index (χ3v) is 4.61. The van der Waals surface area contributed by atoms with Crippen LogP contribution in [0, 0.1) is 5.41 Å². The number of aliphatic carboxylic acids is 1. The normalized spacial score (nSPS) is 10.9. The van der Waals surface area contributed by atoms with Crippen molar-refractivity contribution in [2.24, 2.45) is 5.73 Å². The molecular formula is C16H15N3O6S. The first-order valence-electron chi connectivity index (χ1n) is 7.17. The topological polar surface area (TPSA) is 160 Å². The number of carbonyl (C=O) groups excluding carboxylic acids is 1. The summed E-state index contributed by atoms with van der Waals surface area (Å²) in [5.41, 5.74) is 6.03. The van der Waals surface area contributed by atoms with Crippen LogP contribution in [0.3, 0.4) is 0 Å². The lowest BCUT2D eigenvalue weighted by molar-refractivity contribution is -0.135. The molecule has 9 nitrogen and oxygen atoms in total. The summed E-state index contributed by atoms with van der Waals surface area (Å²) in [7, 11) is -3.97. The van der Waals surface area contributed by atoms with Crippen LogP contribution < -0.4 is 15.2 Å². The summed E-state index contributed by atoms with van der Waals surface area (Å²) in [4.78, 5) is 22.3. The molecule has 0 aliphatic rings. The summed E-state index contributed by atoms with van der Waals surface area (Å²) < 4.78 is 30.8. The number of esters is 1. The number of carboxylic acids is 1. The number of hydrogen-bond acceptors (Lipinski definition) is 6. The number of hydrogen-bond donors (Lipinski definition) is 4. The lowest BCUT2D eigenvalue weighted by Gasteiger charge is -2.07. The lowest BCUT2D eigenvalue weighted by atomic mass is 10.1. The second kappa shape index (κ2) is 7.76. The fourth-order valence-electron chi connectivity index (χ4n) is 1.88. The van der Waals surface area contributed by atoms with Crippen molar-refractivity contribution in [1.82, 2.24) is 4.72 Å². The van der Waals surface area contributed by atoms with Crippen LogP contribution in [-0.4, -0.2) is 37.8 Å². The van der Waals surface area contributed by atoms with Crippen molar-refractivity contribution in [3.05, 3.63) is 59.7 Å². The Morgan fingerprint density at radius 1 is 1.04 bits per heavy atom. The van der Waals surface area contributed by atoms with E-state index < -0.39 is 28.5 Å². The number of benzene rings is 2. The minimum Gasteiger partial charge on any atom is -0.480 e. The van der Waals surface area contributed by atoms with E-state index in [4.69, 9.17) is 21.0 Å². The molecule has 2 aromatic carbocycles. The molecule has 2 rings (SSSR count). The number of sulfonamides is 1. The van der Waals surface area contributed by atoms with Crippen molar-refractivity contribution in [2.75, 3.05) is 6.54 Å². The minimum absolute atomic E-state index is 0.114. The summed E-state index contributed by atoms with van der Waals surface area (Å²) in [6.45, 7) is -0.741. The van der Waals surface area contributed by atoms with Gasteiger partial charge >= 0.3 is 11.9 Å². The van der Waals surface area contributed by atoms with Gasteiger partial charge in [-0.25, -0.2) is 13.2 Å². The van der Waals surface area contributed by atoms with E-state index in [2.05, 4.69) is 0 Å². The number of nitrogens with two attached hydrogens (primary N) is 1. The summed E-state index contributed by atoms with van der Waals surface area (Å²) in [5, 5.41) is 15.8. The van der Waals surface area contributed by atoms with Crippen molar-refractivity contribution in [1.29, 1.82) is 5.41 Å². The first kappa shape index (κ1) is 19.1. The van der Waals surface area contributed by atoms with E-state index in [1.54, 1.807) is 0 Å². The molecule has 26 heavy (non-hydrogen) atoms. The Bertz CT molecular complexity index is 937. The zero-order valence-corrected chi connectivity index (χ0v) is 14.1. The van der Waals surface area contributed by atoms with Gasteiger partial charge in [0, 0.05) is 5.56 Å². The van der Waals surface area contributed by atoms with Crippen LogP contribution in [0.5, 0.6) is 5.75 Å². The molecule has 136 valence electrons. The first-order chi connectivity index (χ1) is 12.2. The zero-order valence-electron chi connectivity index (χ0n) is 13.3. The Balaban J connectivity index is 2.07. The number of nitrogen functional groups attached to an aromatic ring is 1. The summed E-state index contributed by atoms with van der Waals surface area (Å²) in [6.07, 6.45) is 0. The second-order valence-electron chi connectivity index (χ2n) is 5.07. The first-order valence-corrected chi connectivity index (χ1v) is 8.65. The number of amidine groups is 1. The van der Waals surface area contributed by atoms with Gasteiger partial charge in [0.05, 0.1) is 10.5 Å². The molecule has 0 radical (unpaired) electrons. The average Bonchev–Trinajstić information content (AvgIpc) is 2.60. The van der Waals surface area contributed by atoms with E-state index in [-0.39, 0.29) is 22.0 Å². The molecule has 0 aliphatic heterocycles. The van der Waals surface area contributed by atoms with E-state index in [1.165, 1.54) is 48.5 Å². The van der Waals surface area contributed by atoms with Gasteiger partial charge in [-0.1, -0.05) is 12.1 Å². The summed E-state index contributed by atoms with van der Waals surface area (Å²) in [6, 6.07) is 10.8. The Morgan fingerprint density at radius 2 is 1.58 bits per heavy atom. The molecule has 0 spiro atoms. The third kappa shape index (κ3) is 4.88. The molecule has 10 heteroatoms. The molecule has 0 fully saturated rings. The van der Waals surface area contributed by atoms with Gasteiger partial charge in [0.2, 0.25) is 10.0 Å². The molecule has 2 aromatic rings. The standard InChI is InChI=1S/C16H15N3O6S/c17-15(18)10-1-3-11(4-2-10)16(22)25-12-5-7-13(8-6-12)26(23,24)19-9-14(20)21/h1-8,19H,9H2,(H3,17,18)(H,20,21). The average molecular weight is 377 g/mol. The largest absolute Gasteiger partial charge is 0.480 e. The minimum atomic E-state index is -3.97. The van der Waals surface area contributed by atoms with Crippen molar-refractivity contribution in [3.8, 4) is 5.75 Å². The molecule has 0 bridgehead atoms. The van der Waals surface area contributed by atoms with Gasteiger partial charge in [0.25, 0.3) is 0 Å². The molecule has 0 heterocycles. The van der Waals surface area contributed by atoms with Crippen molar-refractivity contribution in [2.45, 2.75) is 4.90 Å². The molecule has 0 amide bonds. The van der Waals surface area contributed by atoms with Gasteiger partial charge in [-0.3, -0.25) is 10.2 Å². The maximum atomic E-state index is 12.1. The van der Waals surface area contributed by atoms with Gasteiger partial charge in [-0.15, -0.1) is 0 Å². The predicted octanol–water partition coefficient (Wildman–Crippen LogP) is 0.553. The number of nitrogens with one attached hydrogen (secondary N) is 2. The Kier molecular flexibility index (Phi) is 5.70. The molecule has 0 unspecified atom stereocenters. The number of ether oxygens (including phenoxy) is 1. The highest BCUT2D eigenvalue weighted by molar-refractivity contribution is 7.89. The number of carboxylic acid groups (broad SMARTS) is 1. The van der Waals surface area contributed by atoms with Crippen LogP contribution >= 0.6 is 0 Å². The maximum absolute atomic E-state index is 12.1. The smallest absolute Gasteiger partial charge is 0.343 e. The quantitative estimate of drug-likeness (QED) is 0.237. The third-order valence-electron chi connectivity index (χ3n) is 3.19. The van der Waals surface area contributed by atoms with Crippen LogP contribution in [-0.2, 0) is 14.8 Å². The Morgan fingerprint density at radius 3 is 2.08 bits per heavy atom. The highest BCUT2D eigenvalue weighted by atomic mass is 32.2. The van der Waals surface area contributed by atoms with E-state index in [0.717, 1.165) is 0 Å². The number of rotatable bonds is 7. The van der Waals surface area contributed by atoms with Crippen LogP contribution in [0.4, 0.5) is 0 Å². The van der Waals surface area contributed by atoms with E-state index in [9.17, 15) is 18.0 Å². The van der Waals surface area contributed by atoms with Gasteiger partial charge in [0.1, 0.15) is 18.1 Å². The monoisotopic (exact) mass is 377 g/mol. The lowest BCUT2D eigenvalue weighted by Crippen LogP contribution is -2.29. The van der Waals surface area contributed by atoms with Gasteiger partial charge < -0.3 is 15.6 Å². The zero-order chi connectivity index (χ0) is 19.3. The molecule has 0 saturated carbocycles. The summed E-state index contributed by atoms with van der Waals surface area (Å²) >= 11 is 0. The molecule has 0 aliphatic carbocycles. The summed E-state index contributed by atoms with van der Waals surface area (Å²) in [5.74, 6) is -1.99. The van der Waals surface area contributed by atoms with Crippen LogP contribution in [0.15, 0.2) is 53.4 Å². The van der Waals surface area contributed by atoms with E-state index in [0.29, 0.717) is 5.56 Å². The fourth-order valence-corrected chi connectivity index (χ4v) is 2.85. The molecule has 0 atom stereocenters. The second-order valence-corrected chi connectivity index (χ2v) is 6.84.